The van der Waals surface area contributed by atoms with E-state index in [1.165, 1.54) is 11.5 Å². The Kier molecular flexibility index (Phi) is 2.59. The quantitative estimate of drug-likeness (QED) is 0.726. The van der Waals surface area contributed by atoms with Crippen LogP contribution >= 0.6 is 11.5 Å². The third-order valence-corrected chi connectivity index (χ3v) is 1.83. The number of nitrogens with one attached hydrogen (secondary N) is 1. The topological polar surface area (TPSA) is 42.0 Å². The molecule has 0 fully saturated rings. The molecule has 0 aliphatic carbocycles. The van der Waals surface area contributed by atoms with E-state index < -0.39 is 0 Å². The minimum atomic E-state index is -0.0394. The van der Waals surface area contributed by atoms with Crippen molar-refractivity contribution in [2.24, 2.45) is 0 Å². The first-order valence-corrected chi connectivity index (χ1v) is 4.19. The molecule has 0 unspecified atom stereocenters. The SMILES string of the molecule is CC(C)NC(=O)c1ccns1. The van der Waals surface area contributed by atoms with Crippen molar-refractivity contribution in [2.45, 2.75) is 19.9 Å². The molecule has 1 amide bonds. The maximum atomic E-state index is 11.2. The van der Waals surface area contributed by atoms with Gasteiger partial charge in [0.15, 0.2) is 0 Å². The summed E-state index contributed by atoms with van der Waals surface area (Å²) in [4.78, 5) is 11.8. The highest BCUT2D eigenvalue weighted by Crippen LogP contribution is 2.03. The molecule has 0 atom stereocenters. The molecule has 1 N–H and O–H groups in total. The molecule has 0 aliphatic rings. The lowest BCUT2D eigenvalue weighted by atomic mass is 10.3. The van der Waals surface area contributed by atoms with Gasteiger partial charge in [0, 0.05) is 12.2 Å². The Labute approximate surface area is 69.6 Å². The van der Waals surface area contributed by atoms with E-state index in [4.69, 9.17) is 0 Å². The van der Waals surface area contributed by atoms with Crippen LogP contribution in [0.4, 0.5) is 0 Å². The summed E-state index contributed by atoms with van der Waals surface area (Å²) in [7, 11) is 0. The van der Waals surface area contributed by atoms with Crippen molar-refractivity contribution in [3.05, 3.63) is 17.1 Å². The Balaban J connectivity index is 2.57. The van der Waals surface area contributed by atoms with Gasteiger partial charge in [0.25, 0.3) is 5.91 Å². The van der Waals surface area contributed by atoms with Crippen LogP contribution in [0.15, 0.2) is 12.3 Å². The molecule has 1 rings (SSSR count). The number of amides is 1. The van der Waals surface area contributed by atoms with Crippen LogP contribution in [0.3, 0.4) is 0 Å². The number of hydrogen-bond donors (Lipinski definition) is 1. The molecule has 1 heterocycles. The molecule has 0 aromatic carbocycles. The Morgan fingerprint density at radius 3 is 2.91 bits per heavy atom. The summed E-state index contributed by atoms with van der Waals surface area (Å²) in [5, 5.41) is 2.78. The van der Waals surface area contributed by atoms with Gasteiger partial charge in [0.2, 0.25) is 0 Å². The van der Waals surface area contributed by atoms with E-state index >= 15 is 0 Å². The van der Waals surface area contributed by atoms with Crippen molar-refractivity contribution in [1.29, 1.82) is 0 Å². The summed E-state index contributed by atoms with van der Waals surface area (Å²) in [5.41, 5.74) is 0. The zero-order valence-electron chi connectivity index (χ0n) is 6.50. The average molecular weight is 170 g/mol. The fourth-order valence-electron chi connectivity index (χ4n) is 0.666. The van der Waals surface area contributed by atoms with Crippen molar-refractivity contribution in [3.63, 3.8) is 0 Å². The van der Waals surface area contributed by atoms with Crippen LogP contribution in [0.2, 0.25) is 0 Å². The fourth-order valence-corrected chi connectivity index (χ4v) is 1.17. The average Bonchev–Trinajstić information content (AvgIpc) is 2.35. The molecule has 0 radical (unpaired) electrons. The van der Waals surface area contributed by atoms with Gasteiger partial charge in [-0.1, -0.05) is 0 Å². The molecule has 1 aromatic rings. The second-order valence-corrected chi connectivity index (χ2v) is 3.34. The molecule has 3 nitrogen and oxygen atoms in total. The van der Waals surface area contributed by atoms with Gasteiger partial charge >= 0.3 is 0 Å². The second kappa shape index (κ2) is 3.48. The lowest BCUT2D eigenvalue weighted by Crippen LogP contribution is -2.29. The Morgan fingerprint density at radius 1 is 1.73 bits per heavy atom. The molecule has 11 heavy (non-hydrogen) atoms. The van der Waals surface area contributed by atoms with Crippen molar-refractivity contribution in [2.75, 3.05) is 0 Å². The lowest BCUT2D eigenvalue weighted by Gasteiger charge is -2.04. The van der Waals surface area contributed by atoms with Gasteiger partial charge in [-0.25, -0.2) is 4.37 Å². The van der Waals surface area contributed by atoms with Crippen LogP contribution in [-0.4, -0.2) is 16.3 Å². The Hall–Kier alpha value is -0.900. The monoisotopic (exact) mass is 170 g/mol. The molecule has 1 aromatic heterocycles. The van der Waals surface area contributed by atoms with Crippen molar-refractivity contribution >= 4 is 17.4 Å². The molecule has 4 heteroatoms. The van der Waals surface area contributed by atoms with Crippen molar-refractivity contribution < 1.29 is 4.79 Å². The minimum absolute atomic E-state index is 0.0394. The van der Waals surface area contributed by atoms with Gasteiger partial charge in [-0.05, 0) is 31.4 Å². The highest BCUT2D eigenvalue weighted by molar-refractivity contribution is 7.08. The van der Waals surface area contributed by atoms with E-state index in [-0.39, 0.29) is 11.9 Å². The summed E-state index contributed by atoms with van der Waals surface area (Å²) in [6, 6.07) is 1.90. The molecular formula is C7H10N2OS. The summed E-state index contributed by atoms with van der Waals surface area (Å²) >= 11 is 1.21. The van der Waals surface area contributed by atoms with Crippen LogP contribution in [0, 0.1) is 0 Å². The number of carbonyl (C=O) groups is 1. The maximum absolute atomic E-state index is 11.2. The zero-order chi connectivity index (χ0) is 8.27. The number of hydrogen-bond acceptors (Lipinski definition) is 3. The predicted octanol–water partition coefficient (Wildman–Crippen LogP) is 1.28. The maximum Gasteiger partial charge on any atom is 0.263 e. The first-order valence-electron chi connectivity index (χ1n) is 3.41. The Morgan fingerprint density at radius 2 is 2.45 bits per heavy atom. The summed E-state index contributed by atoms with van der Waals surface area (Å²) in [6.07, 6.45) is 1.62. The largest absolute Gasteiger partial charge is 0.349 e. The second-order valence-electron chi connectivity index (χ2n) is 2.50. The minimum Gasteiger partial charge on any atom is -0.349 e. The highest BCUT2D eigenvalue weighted by atomic mass is 32.1. The molecule has 0 saturated heterocycles. The molecule has 0 saturated carbocycles. The first-order chi connectivity index (χ1) is 5.20. The van der Waals surface area contributed by atoms with Crippen LogP contribution < -0.4 is 5.32 Å². The molecule has 0 bridgehead atoms. The summed E-state index contributed by atoms with van der Waals surface area (Å²) < 4.78 is 3.83. The molecule has 0 aliphatic heterocycles. The smallest absolute Gasteiger partial charge is 0.263 e. The van der Waals surface area contributed by atoms with Gasteiger partial charge in [-0.3, -0.25) is 4.79 Å². The first kappa shape index (κ1) is 8.20. The standard InChI is InChI=1S/C7H10N2OS/c1-5(2)9-7(10)6-3-4-8-11-6/h3-5H,1-2H3,(H,9,10). The van der Waals surface area contributed by atoms with Crippen LogP contribution in [-0.2, 0) is 0 Å². The molecule has 60 valence electrons. The zero-order valence-corrected chi connectivity index (χ0v) is 7.31. The van der Waals surface area contributed by atoms with Crippen molar-refractivity contribution in [3.8, 4) is 0 Å². The highest BCUT2D eigenvalue weighted by Gasteiger charge is 2.06. The van der Waals surface area contributed by atoms with Crippen LogP contribution in [0.25, 0.3) is 0 Å². The van der Waals surface area contributed by atoms with Gasteiger partial charge < -0.3 is 5.32 Å². The van der Waals surface area contributed by atoms with E-state index in [1.807, 2.05) is 13.8 Å². The third kappa shape index (κ3) is 2.31. The van der Waals surface area contributed by atoms with E-state index in [0.29, 0.717) is 4.88 Å². The van der Waals surface area contributed by atoms with E-state index in [1.54, 1.807) is 12.3 Å². The lowest BCUT2D eigenvalue weighted by molar-refractivity contribution is 0.0947. The summed E-state index contributed by atoms with van der Waals surface area (Å²) in [5.74, 6) is -0.0394. The number of rotatable bonds is 2. The van der Waals surface area contributed by atoms with Crippen LogP contribution in [0.1, 0.15) is 23.5 Å². The molecular weight excluding hydrogens is 160 g/mol. The van der Waals surface area contributed by atoms with Gasteiger partial charge in [-0.2, -0.15) is 0 Å². The van der Waals surface area contributed by atoms with Gasteiger partial charge in [0.05, 0.1) is 0 Å². The van der Waals surface area contributed by atoms with E-state index in [0.717, 1.165) is 0 Å². The fraction of sp³-hybridized carbons (Fsp3) is 0.429. The summed E-state index contributed by atoms with van der Waals surface area (Å²) in [6.45, 7) is 3.86. The van der Waals surface area contributed by atoms with Gasteiger partial charge in [0.1, 0.15) is 4.88 Å². The predicted molar refractivity (Wildman–Crippen MR) is 44.7 cm³/mol. The third-order valence-electron chi connectivity index (χ3n) is 1.08. The van der Waals surface area contributed by atoms with Crippen LogP contribution in [0.5, 0.6) is 0 Å². The van der Waals surface area contributed by atoms with Crippen molar-refractivity contribution in [1.82, 2.24) is 9.69 Å². The number of carbonyl (C=O) groups excluding carboxylic acids is 1. The molecule has 0 spiro atoms. The number of nitrogens with zero attached hydrogens (tertiary/aromatic N) is 1. The number of aromatic nitrogens is 1. The normalized spacial score (nSPS) is 10.1. The van der Waals surface area contributed by atoms with E-state index in [2.05, 4.69) is 9.69 Å². The van der Waals surface area contributed by atoms with E-state index in [9.17, 15) is 4.79 Å². The Bertz CT molecular complexity index is 231. The van der Waals surface area contributed by atoms with Gasteiger partial charge in [-0.15, -0.1) is 0 Å².